The molecule has 0 unspecified atom stereocenters. The van der Waals surface area contributed by atoms with E-state index in [1.807, 2.05) is 4.90 Å². The fraction of sp³-hybridized carbons (Fsp3) is 0.588. The SMILES string of the molecule is CCN(CC)CC1CCN(C(=O)c2cccc(F)c2)CC1. The van der Waals surface area contributed by atoms with Crippen molar-refractivity contribution in [3.63, 3.8) is 0 Å². The molecule has 1 aromatic carbocycles. The van der Waals surface area contributed by atoms with Gasteiger partial charge in [0, 0.05) is 25.2 Å². The molecule has 1 aliphatic rings. The van der Waals surface area contributed by atoms with Gasteiger partial charge in [0.05, 0.1) is 0 Å². The van der Waals surface area contributed by atoms with Crippen molar-refractivity contribution in [2.45, 2.75) is 26.7 Å². The van der Waals surface area contributed by atoms with E-state index in [0.717, 1.165) is 45.6 Å². The van der Waals surface area contributed by atoms with E-state index in [2.05, 4.69) is 18.7 Å². The van der Waals surface area contributed by atoms with Gasteiger partial charge in [-0.05, 0) is 50.0 Å². The molecule has 0 atom stereocenters. The van der Waals surface area contributed by atoms with Gasteiger partial charge in [-0.3, -0.25) is 4.79 Å². The van der Waals surface area contributed by atoms with Gasteiger partial charge in [-0.1, -0.05) is 19.9 Å². The van der Waals surface area contributed by atoms with Crippen LogP contribution < -0.4 is 0 Å². The van der Waals surface area contributed by atoms with Gasteiger partial charge in [0.25, 0.3) is 5.91 Å². The van der Waals surface area contributed by atoms with Crippen LogP contribution in [0.2, 0.25) is 0 Å². The first-order chi connectivity index (χ1) is 10.1. The zero-order valence-electron chi connectivity index (χ0n) is 13.0. The lowest BCUT2D eigenvalue weighted by Gasteiger charge is -2.34. The average molecular weight is 292 g/mol. The Morgan fingerprint density at radius 2 is 1.95 bits per heavy atom. The maximum absolute atomic E-state index is 13.2. The monoisotopic (exact) mass is 292 g/mol. The summed E-state index contributed by atoms with van der Waals surface area (Å²) >= 11 is 0. The smallest absolute Gasteiger partial charge is 0.253 e. The predicted molar refractivity (Wildman–Crippen MR) is 82.8 cm³/mol. The summed E-state index contributed by atoms with van der Waals surface area (Å²) in [7, 11) is 0. The lowest BCUT2D eigenvalue weighted by atomic mass is 9.95. The highest BCUT2D eigenvalue weighted by Crippen LogP contribution is 2.20. The number of piperidine rings is 1. The van der Waals surface area contributed by atoms with Crippen molar-refractivity contribution in [3.8, 4) is 0 Å². The molecule has 0 saturated carbocycles. The second-order valence-corrected chi connectivity index (χ2v) is 5.73. The van der Waals surface area contributed by atoms with E-state index >= 15 is 0 Å². The molecule has 1 aliphatic heterocycles. The van der Waals surface area contributed by atoms with E-state index in [4.69, 9.17) is 0 Å². The summed E-state index contributed by atoms with van der Waals surface area (Å²) in [5.41, 5.74) is 0.456. The van der Waals surface area contributed by atoms with Gasteiger partial charge in [0.15, 0.2) is 0 Å². The van der Waals surface area contributed by atoms with Crippen molar-refractivity contribution in [2.24, 2.45) is 5.92 Å². The second-order valence-electron chi connectivity index (χ2n) is 5.73. The Kier molecular flexibility index (Phi) is 5.74. The number of carbonyl (C=O) groups is 1. The van der Waals surface area contributed by atoms with E-state index in [-0.39, 0.29) is 11.7 Å². The summed E-state index contributed by atoms with van der Waals surface area (Å²) in [6.07, 6.45) is 2.08. The molecule has 0 aliphatic carbocycles. The van der Waals surface area contributed by atoms with Crippen molar-refractivity contribution < 1.29 is 9.18 Å². The van der Waals surface area contributed by atoms with Gasteiger partial charge in [-0.15, -0.1) is 0 Å². The van der Waals surface area contributed by atoms with Crippen LogP contribution in [-0.2, 0) is 0 Å². The van der Waals surface area contributed by atoms with E-state index in [1.54, 1.807) is 12.1 Å². The van der Waals surface area contributed by atoms with Crippen LogP contribution in [0.4, 0.5) is 4.39 Å². The number of likely N-dealkylation sites (tertiary alicyclic amines) is 1. The Morgan fingerprint density at radius 1 is 1.29 bits per heavy atom. The molecule has 4 heteroatoms. The summed E-state index contributed by atoms with van der Waals surface area (Å²) in [5, 5.41) is 0. The Hall–Kier alpha value is -1.42. The molecule has 0 spiro atoms. The number of rotatable bonds is 5. The molecule has 116 valence electrons. The fourth-order valence-corrected chi connectivity index (χ4v) is 2.97. The molecule has 0 N–H and O–H groups in total. The molecule has 1 fully saturated rings. The number of nitrogens with zero attached hydrogens (tertiary/aromatic N) is 2. The zero-order chi connectivity index (χ0) is 15.2. The molecule has 1 amide bonds. The average Bonchev–Trinajstić information content (AvgIpc) is 2.52. The third-order valence-electron chi connectivity index (χ3n) is 4.38. The van der Waals surface area contributed by atoms with Crippen molar-refractivity contribution in [2.75, 3.05) is 32.7 Å². The van der Waals surface area contributed by atoms with Crippen LogP contribution in [0.25, 0.3) is 0 Å². The largest absolute Gasteiger partial charge is 0.339 e. The Bertz CT molecular complexity index is 466. The maximum atomic E-state index is 13.2. The van der Waals surface area contributed by atoms with Crippen LogP contribution in [0, 0.1) is 11.7 Å². The summed E-state index contributed by atoms with van der Waals surface area (Å²) < 4.78 is 13.2. The quantitative estimate of drug-likeness (QED) is 0.833. The number of benzene rings is 1. The Labute approximate surface area is 126 Å². The molecule has 0 bridgehead atoms. The number of amides is 1. The zero-order valence-corrected chi connectivity index (χ0v) is 13.0. The molecule has 1 saturated heterocycles. The number of hydrogen-bond donors (Lipinski definition) is 0. The molecule has 21 heavy (non-hydrogen) atoms. The van der Waals surface area contributed by atoms with E-state index in [0.29, 0.717) is 11.5 Å². The minimum atomic E-state index is -0.350. The van der Waals surface area contributed by atoms with Crippen LogP contribution in [0.15, 0.2) is 24.3 Å². The van der Waals surface area contributed by atoms with Gasteiger partial charge in [0.1, 0.15) is 5.82 Å². The van der Waals surface area contributed by atoms with Gasteiger partial charge in [0.2, 0.25) is 0 Å². The normalized spacial score (nSPS) is 16.5. The van der Waals surface area contributed by atoms with Crippen LogP contribution in [0.1, 0.15) is 37.0 Å². The van der Waals surface area contributed by atoms with Gasteiger partial charge in [-0.2, -0.15) is 0 Å². The summed E-state index contributed by atoms with van der Waals surface area (Å²) in [6.45, 7) is 9.22. The Morgan fingerprint density at radius 3 is 2.52 bits per heavy atom. The molecular formula is C17H25FN2O. The molecule has 0 aromatic heterocycles. The van der Waals surface area contributed by atoms with Crippen molar-refractivity contribution in [1.29, 1.82) is 0 Å². The van der Waals surface area contributed by atoms with E-state index in [9.17, 15) is 9.18 Å². The number of hydrogen-bond acceptors (Lipinski definition) is 2. The van der Waals surface area contributed by atoms with Crippen molar-refractivity contribution in [1.82, 2.24) is 9.80 Å². The van der Waals surface area contributed by atoms with Crippen molar-refractivity contribution in [3.05, 3.63) is 35.6 Å². The van der Waals surface area contributed by atoms with Gasteiger partial charge >= 0.3 is 0 Å². The molecular weight excluding hydrogens is 267 g/mol. The molecule has 2 rings (SSSR count). The molecule has 1 aromatic rings. The molecule has 0 radical (unpaired) electrons. The van der Waals surface area contributed by atoms with Crippen LogP contribution >= 0.6 is 0 Å². The van der Waals surface area contributed by atoms with E-state index in [1.165, 1.54) is 12.1 Å². The molecule has 3 nitrogen and oxygen atoms in total. The second kappa shape index (κ2) is 7.55. The highest BCUT2D eigenvalue weighted by Gasteiger charge is 2.24. The standard InChI is InChI=1S/C17H25FN2O/c1-3-19(4-2)13-14-8-10-20(11-9-14)17(21)15-6-5-7-16(18)12-15/h5-7,12,14H,3-4,8-11,13H2,1-2H3. The van der Waals surface area contributed by atoms with Crippen LogP contribution in [0.3, 0.4) is 0 Å². The van der Waals surface area contributed by atoms with Crippen LogP contribution in [0.5, 0.6) is 0 Å². The lowest BCUT2D eigenvalue weighted by Crippen LogP contribution is -2.41. The lowest BCUT2D eigenvalue weighted by molar-refractivity contribution is 0.0669. The Balaban J connectivity index is 1.87. The minimum Gasteiger partial charge on any atom is -0.339 e. The van der Waals surface area contributed by atoms with Crippen LogP contribution in [-0.4, -0.2) is 48.4 Å². The first-order valence-corrected chi connectivity index (χ1v) is 7.91. The fourth-order valence-electron chi connectivity index (χ4n) is 2.97. The first-order valence-electron chi connectivity index (χ1n) is 7.91. The first kappa shape index (κ1) is 16.0. The summed E-state index contributed by atoms with van der Waals surface area (Å²) in [4.78, 5) is 16.6. The van der Waals surface area contributed by atoms with Gasteiger partial charge < -0.3 is 9.80 Å². The maximum Gasteiger partial charge on any atom is 0.253 e. The minimum absolute atomic E-state index is 0.0456. The highest BCUT2D eigenvalue weighted by molar-refractivity contribution is 5.94. The molecule has 1 heterocycles. The third-order valence-corrected chi connectivity index (χ3v) is 4.38. The summed E-state index contributed by atoms with van der Waals surface area (Å²) in [6, 6.07) is 5.97. The highest BCUT2D eigenvalue weighted by atomic mass is 19.1. The predicted octanol–water partition coefficient (Wildman–Crippen LogP) is 3.02. The number of carbonyl (C=O) groups excluding carboxylic acids is 1. The number of halogens is 1. The topological polar surface area (TPSA) is 23.6 Å². The van der Waals surface area contributed by atoms with Crippen molar-refractivity contribution >= 4 is 5.91 Å². The summed E-state index contributed by atoms with van der Waals surface area (Å²) in [5.74, 6) is 0.273. The van der Waals surface area contributed by atoms with Gasteiger partial charge in [-0.25, -0.2) is 4.39 Å². The third kappa shape index (κ3) is 4.27. The van der Waals surface area contributed by atoms with E-state index < -0.39 is 0 Å².